The molecule has 14 atom stereocenters. The van der Waals surface area contributed by atoms with Gasteiger partial charge in [-0.3, -0.25) is 86.3 Å². The zero-order valence-electron chi connectivity index (χ0n) is 80.5. The molecule has 0 aliphatic carbocycles. The van der Waals surface area contributed by atoms with Crippen molar-refractivity contribution in [2.45, 2.75) is 321 Å². The number of carbonyl (C=O) groups is 18. The molecule has 0 spiro atoms. The Morgan fingerprint density at radius 1 is 0.463 bits per heavy atom. The van der Waals surface area contributed by atoms with Crippen molar-refractivity contribution in [1.82, 2.24) is 84.7 Å². The van der Waals surface area contributed by atoms with Gasteiger partial charge in [-0.25, -0.2) is 0 Å². The van der Waals surface area contributed by atoms with E-state index in [-0.39, 0.29) is 145 Å². The lowest BCUT2D eigenvalue weighted by Crippen LogP contribution is -2.66. The minimum atomic E-state index is -2.04. The van der Waals surface area contributed by atoms with E-state index in [1.165, 1.54) is 77.9 Å². The van der Waals surface area contributed by atoms with Crippen LogP contribution in [-0.4, -0.2) is 216 Å². The number of carboxylic acids is 1. The van der Waals surface area contributed by atoms with Crippen LogP contribution < -0.4 is 91.2 Å². The third-order valence-corrected chi connectivity index (χ3v) is 23.8. The van der Waals surface area contributed by atoms with Gasteiger partial charge in [-0.15, -0.1) is 0 Å². The molecule has 0 saturated heterocycles. The molecule has 136 heavy (non-hydrogen) atoms. The SMILES string of the molecule is CC(=O)NCC(=O)N[C@@]1(C)CCC/C=C\CCC[C@@](C)(C(=O)N[C@@H](Cc2ccc(O)cc2)C(=O)N[C@@H](CC(C)C)C(=O)N[C@@]2(C)CCC/C=C\CCC[C@@](C)(C(=O)N[C@@H](Cc3ccc(O)cc3)C(=O)N[C@@H](Cc3c[nH]c4ccccc34)C(N)=O)NC(=O)[C@H](CC(C)C)NC(=O)[C@H](CC(C)C)NC(=O)[C@H](CC(N)=O)NC2=O)NC(=O)[C@H](CC(C)C)NC(=O)[C@H](C)NC(=O)[C@H](CCC(=O)O)NC1=O. The number of phenols is 2. The molecule has 2 aliphatic rings. The van der Waals surface area contributed by atoms with E-state index >= 15 is 28.8 Å². The highest BCUT2D eigenvalue weighted by atomic mass is 16.4. The standard InChI is InChI=1S/C97H142N18O21/c1-55(2)45-70-83(126)106-72(47-57(5)6)88(131)114-96(13,91(134)109-74(49-61-31-35-64(117)36-32-61)84(127)103-69(80(99)123)51-63-53-101-67-30-24-23-29-66(63)67)43-27-21-17-18-22-28-44-97(14,93(136)111-76(52-77(98)119)86(129)105-70)115-89(132)73(48-58(7)8)107-85(128)75(50-62-33-37-65(118)38-34-62)110-92(135)95(12)42-26-20-16-15-19-25-41-94(11,112-78(120)54-100-60(10)116)90(133)108-68(39-40-79(121)122)82(125)102-59(9)81(124)104-71(46-56(3)4)87(130)113-95/h15-18,23-24,29-38,53,55-59,68-76,101,117-118H,19-22,25-28,39-52,54H2,1-14H3,(H2,98,119)(H2,99,123)(H,100,116)(H,102,125)(H,103,127)(H,104,124)(H,105,129)(H,106,126)(H,107,128)(H,108,133)(H,109,134)(H,110,135)(H,111,136)(H,112,120)(H,113,130)(H,114,131)(H,115,132)(H,121,122)/b16-15-,18-17-/t59-,68-,69-,70-,71-,72-,73-,74-,75-,76-,94-,95-,96-,97-/m0/s1. The number of para-hydroxylation sites is 1. The fraction of sp³-hybridized carbons (Fsp3) is 0.567. The van der Waals surface area contributed by atoms with Crippen molar-refractivity contribution in [3.8, 4) is 11.5 Å². The van der Waals surface area contributed by atoms with Gasteiger partial charge < -0.3 is 112 Å². The molecule has 1 aromatic heterocycles. The highest BCUT2D eigenvalue weighted by Gasteiger charge is 2.46. The number of aromatic nitrogens is 1. The van der Waals surface area contributed by atoms with Crippen LogP contribution in [0.15, 0.2) is 103 Å². The van der Waals surface area contributed by atoms with Crippen molar-refractivity contribution < 1.29 is 102 Å². The van der Waals surface area contributed by atoms with Gasteiger partial charge in [0.05, 0.1) is 13.0 Å². The summed E-state index contributed by atoms with van der Waals surface area (Å²) in [7, 11) is 0. The fourth-order valence-electron chi connectivity index (χ4n) is 16.0. The number of phenolic OH excluding ortho intramolecular Hbond substituents is 2. The van der Waals surface area contributed by atoms with Gasteiger partial charge in [-0.1, -0.05) is 122 Å². The highest BCUT2D eigenvalue weighted by molar-refractivity contribution is 6.03. The summed E-state index contributed by atoms with van der Waals surface area (Å²) in [6.45, 7) is 21.7. The third-order valence-electron chi connectivity index (χ3n) is 23.8. The molecular formula is C97H142N18O21. The van der Waals surface area contributed by atoms with E-state index in [1.807, 2.05) is 24.3 Å². The first-order chi connectivity index (χ1) is 63.9. The van der Waals surface area contributed by atoms with E-state index in [1.54, 1.807) is 98.0 Å². The first-order valence-corrected chi connectivity index (χ1v) is 46.7. The molecule has 0 unspecified atom stereocenters. The van der Waals surface area contributed by atoms with Gasteiger partial charge in [0.25, 0.3) is 0 Å². The Balaban J connectivity index is 1.36. The van der Waals surface area contributed by atoms with Gasteiger partial charge in [-0.2, -0.15) is 0 Å². The van der Waals surface area contributed by atoms with E-state index in [4.69, 9.17) is 11.5 Å². The number of aromatic amines is 1. The lowest BCUT2D eigenvalue weighted by atomic mass is 9.90. The monoisotopic (exact) mass is 1900 g/mol. The number of rotatable bonds is 33. The maximum Gasteiger partial charge on any atom is 0.303 e. The van der Waals surface area contributed by atoms with Crippen molar-refractivity contribution in [3.05, 3.63) is 120 Å². The molecule has 0 saturated carbocycles. The van der Waals surface area contributed by atoms with Crippen molar-refractivity contribution in [2.75, 3.05) is 6.54 Å². The van der Waals surface area contributed by atoms with E-state index in [9.17, 15) is 72.9 Å². The van der Waals surface area contributed by atoms with Gasteiger partial charge in [0.2, 0.25) is 100 Å². The number of nitrogens with one attached hydrogen (secondary N) is 16. The van der Waals surface area contributed by atoms with E-state index < -0.39 is 221 Å². The lowest BCUT2D eigenvalue weighted by molar-refractivity contribution is -0.140. The summed E-state index contributed by atoms with van der Waals surface area (Å²) in [5.41, 5.74) is 6.44. The van der Waals surface area contributed by atoms with E-state index in [2.05, 4.69) is 84.7 Å². The molecule has 39 nitrogen and oxygen atoms in total. The number of primary amides is 2. The summed E-state index contributed by atoms with van der Waals surface area (Å²) in [5, 5.41) is 71.7. The normalized spacial score (nSPS) is 24.0. The number of hydrogen-bond donors (Lipinski definition) is 21. The molecule has 3 aromatic carbocycles. The van der Waals surface area contributed by atoms with Crippen LogP contribution >= 0.6 is 0 Å². The lowest BCUT2D eigenvalue weighted by Gasteiger charge is -2.35. The number of nitrogens with two attached hydrogens (primary N) is 2. The van der Waals surface area contributed by atoms with Crippen LogP contribution in [-0.2, 0) is 106 Å². The summed E-state index contributed by atoms with van der Waals surface area (Å²) < 4.78 is 0. The molecule has 4 aromatic rings. The molecule has 6 rings (SSSR count). The molecule has 746 valence electrons. The second-order valence-electron chi connectivity index (χ2n) is 38.2. The maximum atomic E-state index is 15.6. The molecule has 2 aliphatic heterocycles. The summed E-state index contributed by atoms with van der Waals surface area (Å²) >= 11 is 0. The maximum absolute atomic E-state index is 15.6. The summed E-state index contributed by atoms with van der Waals surface area (Å²) in [4.78, 5) is 261. The number of aromatic hydroxyl groups is 2. The second kappa shape index (κ2) is 52.6. The molecule has 23 N–H and O–H groups in total. The fourth-order valence-corrected chi connectivity index (χ4v) is 16.0. The van der Waals surface area contributed by atoms with Crippen LogP contribution in [0.4, 0.5) is 0 Å². The number of hydrogen-bond acceptors (Lipinski definition) is 20. The topological polar surface area (TPSA) is 616 Å². The Hall–Kier alpha value is -13.3. The number of carbonyl (C=O) groups excluding carboxylic acids is 17. The number of benzene rings is 3. The molecule has 39 heteroatoms. The Kier molecular flexibility index (Phi) is 43.1. The minimum absolute atomic E-state index is 0.0217. The molecule has 3 heterocycles. The van der Waals surface area contributed by atoms with Crippen LogP contribution in [0, 0.1) is 23.7 Å². The van der Waals surface area contributed by atoms with Crippen LogP contribution in [0.3, 0.4) is 0 Å². The van der Waals surface area contributed by atoms with Crippen LogP contribution in [0.5, 0.6) is 11.5 Å². The molecular weight excluding hydrogens is 1750 g/mol. The van der Waals surface area contributed by atoms with E-state index in [0.29, 0.717) is 23.1 Å². The average Bonchev–Trinajstić information content (AvgIpc) is 1.23. The number of amides is 17. The Morgan fingerprint density at radius 3 is 1.32 bits per heavy atom. The first kappa shape index (κ1) is 111. The van der Waals surface area contributed by atoms with Gasteiger partial charge in [0, 0.05) is 49.7 Å². The molecule has 17 amide bonds. The van der Waals surface area contributed by atoms with E-state index in [0.717, 1.165) is 10.9 Å². The van der Waals surface area contributed by atoms with Gasteiger partial charge in [0.15, 0.2) is 0 Å². The largest absolute Gasteiger partial charge is 0.508 e. The first-order valence-electron chi connectivity index (χ1n) is 46.7. The minimum Gasteiger partial charge on any atom is -0.508 e. The second-order valence-corrected chi connectivity index (χ2v) is 38.2. The van der Waals surface area contributed by atoms with Crippen molar-refractivity contribution in [1.29, 1.82) is 0 Å². The highest BCUT2D eigenvalue weighted by Crippen LogP contribution is 2.27. The van der Waals surface area contributed by atoms with Gasteiger partial charge >= 0.3 is 5.97 Å². The summed E-state index contributed by atoms with van der Waals surface area (Å²) in [6, 6.07) is 3.78. The average molecular weight is 1900 g/mol. The number of aliphatic carboxylic acids is 1. The molecule has 0 radical (unpaired) electrons. The van der Waals surface area contributed by atoms with Crippen molar-refractivity contribution in [2.24, 2.45) is 35.1 Å². The van der Waals surface area contributed by atoms with Gasteiger partial charge in [0.1, 0.15) is 94.1 Å². The predicted molar refractivity (Wildman–Crippen MR) is 507 cm³/mol. The number of carboxylic acid groups (broad SMARTS) is 1. The van der Waals surface area contributed by atoms with Crippen molar-refractivity contribution in [3.63, 3.8) is 0 Å². The zero-order valence-corrected chi connectivity index (χ0v) is 80.5. The zero-order chi connectivity index (χ0) is 101. The number of fused-ring (bicyclic) bond motifs is 1. The number of allylic oxidation sites excluding steroid dienone is 4. The number of H-pyrrole nitrogens is 1. The Bertz CT molecular complexity index is 4940. The predicted octanol–water partition coefficient (Wildman–Crippen LogP) is 3.34. The van der Waals surface area contributed by atoms with Crippen molar-refractivity contribution >= 4 is 117 Å². The smallest absolute Gasteiger partial charge is 0.303 e. The molecule has 0 bridgehead atoms. The Labute approximate surface area is 793 Å². The van der Waals surface area contributed by atoms with Crippen LogP contribution in [0.2, 0.25) is 0 Å². The third kappa shape index (κ3) is 36.2. The Morgan fingerprint density at radius 2 is 0.882 bits per heavy atom. The molecule has 0 fully saturated rings. The summed E-state index contributed by atoms with van der Waals surface area (Å²) in [6.07, 6.45) is 7.33. The summed E-state index contributed by atoms with van der Waals surface area (Å²) in [5.74, 6) is -18.1. The van der Waals surface area contributed by atoms with Crippen LogP contribution in [0.1, 0.15) is 236 Å². The van der Waals surface area contributed by atoms with Gasteiger partial charge in [-0.05, 0) is 214 Å². The van der Waals surface area contributed by atoms with Crippen LogP contribution in [0.25, 0.3) is 10.9 Å². The quantitative estimate of drug-likeness (QED) is 0.0304.